The number of thioether (sulfide) groups is 1. The molecular weight excluding hydrogens is 296 g/mol. The van der Waals surface area contributed by atoms with E-state index in [1.54, 1.807) is 7.11 Å². The SMILES string of the molecule is COC1CN=CCC(C(C)C2Sc3cc(C)ncc3N2C)=N1. The van der Waals surface area contributed by atoms with Crippen molar-refractivity contribution >= 4 is 29.4 Å². The fraction of sp³-hybridized carbons (Fsp3) is 0.562. The molecule has 3 rings (SSSR count). The van der Waals surface area contributed by atoms with Gasteiger partial charge in [-0.15, -0.1) is 0 Å². The second kappa shape index (κ2) is 6.38. The summed E-state index contributed by atoms with van der Waals surface area (Å²) in [5.74, 6) is 0.324. The van der Waals surface area contributed by atoms with Crippen LogP contribution in [0.2, 0.25) is 0 Å². The van der Waals surface area contributed by atoms with E-state index in [0.29, 0.717) is 17.8 Å². The number of anilines is 1. The van der Waals surface area contributed by atoms with Gasteiger partial charge in [0.25, 0.3) is 0 Å². The quantitative estimate of drug-likeness (QED) is 0.860. The zero-order chi connectivity index (χ0) is 15.7. The number of hydrogen-bond donors (Lipinski definition) is 0. The van der Waals surface area contributed by atoms with Gasteiger partial charge in [0, 0.05) is 49.0 Å². The van der Waals surface area contributed by atoms with Crippen molar-refractivity contribution in [1.82, 2.24) is 4.98 Å². The molecule has 5 nitrogen and oxygen atoms in total. The third kappa shape index (κ3) is 2.90. The lowest BCUT2D eigenvalue weighted by Gasteiger charge is -2.28. The van der Waals surface area contributed by atoms with Gasteiger partial charge in [-0.1, -0.05) is 18.7 Å². The molecule has 0 bridgehead atoms. The highest BCUT2D eigenvalue weighted by Gasteiger charge is 2.34. The Kier molecular flexibility index (Phi) is 4.49. The Hall–Kier alpha value is -1.40. The van der Waals surface area contributed by atoms with Gasteiger partial charge in [-0.2, -0.15) is 0 Å². The molecule has 0 amide bonds. The van der Waals surface area contributed by atoms with Crippen LogP contribution in [0.25, 0.3) is 0 Å². The van der Waals surface area contributed by atoms with E-state index in [2.05, 4.69) is 34.9 Å². The van der Waals surface area contributed by atoms with Crippen molar-refractivity contribution in [2.24, 2.45) is 15.9 Å². The summed E-state index contributed by atoms with van der Waals surface area (Å²) < 4.78 is 5.39. The van der Waals surface area contributed by atoms with Gasteiger partial charge >= 0.3 is 0 Å². The Morgan fingerprint density at radius 3 is 3.05 bits per heavy atom. The van der Waals surface area contributed by atoms with Crippen LogP contribution in [0.15, 0.2) is 27.1 Å². The van der Waals surface area contributed by atoms with Crippen LogP contribution < -0.4 is 4.90 Å². The van der Waals surface area contributed by atoms with Gasteiger partial charge in [0.2, 0.25) is 0 Å². The van der Waals surface area contributed by atoms with E-state index in [9.17, 15) is 0 Å². The summed E-state index contributed by atoms with van der Waals surface area (Å²) in [6.07, 6.45) is 4.59. The first-order valence-electron chi connectivity index (χ1n) is 7.54. The highest BCUT2D eigenvalue weighted by Crippen LogP contribution is 2.45. The third-order valence-electron chi connectivity index (χ3n) is 4.22. The first-order chi connectivity index (χ1) is 10.6. The number of aliphatic imine (C=N–C) groups is 2. The Balaban J connectivity index is 1.83. The van der Waals surface area contributed by atoms with Crippen molar-refractivity contribution < 1.29 is 4.74 Å². The number of methoxy groups -OCH3 is 1. The molecule has 0 N–H and O–H groups in total. The predicted molar refractivity (Wildman–Crippen MR) is 92.4 cm³/mol. The lowest BCUT2D eigenvalue weighted by Crippen LogP contribution is -2.35. The van der Waals surface area contributed by atoms with Gasteiger partial charge in [0.1, 0.15) is 0 Å². The van der Waals surface area contributed by atoms with Crippen LogP contribution in [0.3, 0.4) is 0 Å². The van der Waals surface area contributed by atoms with E-state index in [1.807, 2.05) is 31.1 Å². The number of aryl methyl sites for hydroxylation is 1. The number of nitrogens with zero attached hydrogens (tertiary/aromatic N) is 4. The molecule has 0 radical (unpaired) electrons. The average molecular weight is 318 g/mol. The lowest BCUT2D eigenvalue weighted by molar-refractivity contribution is 0.118. The van der Waals surface area contributed by atoms with Crippen molar-refractivity contribution in [3.63, 3.8) is 0 Å². The molecule has 3 atom stereocenters. The molecule has 0 spiro atoms. The molecule has 2 aliphatic rings. The van der Waals surface area contributed by atoms with Crippen molar-refractivity contribution in [2.75, 3.05) is 25.6 Å². The van der Waals surface area contributed by atoms with Gasteiger partial charge in [0.15, 0.2) is 6.23 Å². The molecule has 3 unspecified atom stereocenters. The second-order valence-corrected chi connectivity index (χ2v) is 6.92. The number of pyridine rings is 1. The maximum Gasteiger partial charge on any atom is 0.167 e. The summed E-state index contributed by atoms with van der Waals surface area (Å²) in [7, 11) is 3.83. The summed E-state index contributed by atoms with van der Waals surface area (Å²) in [4.78, 5) is 17.2. The molecule has 3 heterocycles. The molecule has 0 saturated carbocycles. The summed E-state index contributed by atoms with van der Waals surface area (Å²) in [6, 6.07) is 2.16. The Morgan fingerprint density at radius 1 is 1.45 bits per heavy atom. The fourth-order valence-electron chi connectivity index (χ4n) is 2.87. The number of rotatable bonds is 3. The van der Waals surface area contributed by atoms with Crippen LogP contribution in [0.1, 0.15) is 19.0 Å². The van der Waals surface area contributed by atoms with Crippen LogP contribution in [0, 0.1) is 12.8 Å². The van der Waals surface area contributed by atoms with E-state index in [0.717, 1.165) is 17.8 Å². The molecule has 22 heavy (non-hydrogen) atoms. The molecule has 1 aromatic rings. The van der Waals surface area contributed by atoms with Crippen LogP contribution in [-0.4, -0.2) is 49.2 Å². The molecule has 0 aliphatic carbocycles. The molecule has 6 heteroatoms. The van der Waals surface area contributed by atoms with Crippen molar-refractivity contribution in [1.29, 1.82) is 0 Å². The first-order valence-corrected chi connectivity index (χ1v) is 8.42. The molecule has 2 aliphatic heterocycles. The molecule has 1 aromatic heterocycles. The van der Waals surface area contributed by atoms with Gasteiger partial charge < -0.3 is 9.64 Å². The number of ether oxygens (including phenoxy) is 1. The Morgan fingerprint density at radius 2 is 2.27 bits per heavy atom. The summed E-state index contributed by atoms with van der Waals surface area (Å²) >= 11 is 1.90. The van der Waals surface area contributed by atoms with E-state index >= 15 is 0 Å². The van der Waals surface area contributed by atoms with E-state index in [4.69, 9.17) is 9.73 Å². The number of fused-ring (bicyclic) bond motifs is 1. The van der Waals surface area contributed by atoms with Gasteiger partial charge in [0.05, 0.1) is 23.8 Å². The van der Waals surface area contributed by atoms with Crippen LogP contribution >= 0.6 is 11.8 Å². The highest BCUT2D eigenvalue weighted by atomic mass is 32.2. The Bertz CT molecular complexity index is 616. The van der Waals surface area contributed by atoms with Crippen molar-refractivity contribution in [3.05, 3.63) is 18.0 Å². The van der Waals surface area contributed by atoms with Gasteiger partial charge in [-0.3, -0.25) is 15.0 Å². The molecule has 118 valence electrons. The average Bonchev–Trinajstić information content (AvgIpc) is 2.71. The zero-order valence-electron chi connectivity index (χ0n) is 13.5. The first kappa shape index (κ1) is 15.5. The monoisotopic (exact) mass is 318 g/mol. The fourth-order valence-corrected chi connectivity index (χ4v) is 4.32. The standard InChI is InChI=1S/C16H22N4OS/c1-10-7-14-13(8-18-10)20(3)16(22-14)11(2)12-5-6-17-9-15(19-12)21-4/h6-8,11,15-16H,5,9H2,1-4H3. The van der Waals surface area contributed by atoms with Crippen LogP contribution in [0.5, 0.6) is 0 Å². The number of hydrogen-bond acceptors (Lipinski definition) is 6. The Labute approximate surface area is 135 Å². The third-order valence-corrected chi connectivity index (χ3v) is 5.77. The van der Waals surface area contributed by atoms with Crippen molar-refractivity contribution in [2.45, 2.75) is 36.8 Å². The zero-order valence-corrected chi connectivity index (χ0v) is 14.3. The second-order valence-electron chi connectivity index (χ2n) is 5.76. The van der Waals surface area contributed by atoms with E-state index in [-0.39, 0.29) is 6.23 Å². The van der Waals surface area contributed by atoms with E-state index < -0.39 is 0 Å². The summed E-state index contributed by atoms with van der Waals surface area (Å²) in [5, 5.41) is 0.335. The van der Waals surface area contributed by atoms with E-state index in [1.165, 1.54) is 10.6 Å². The van der Waals surface area contributed by atoms with Gasteiger partial charge in [-0.05, 0) is 13.0 Å². The summed E-state index contributed by atoms with van der Waals surface area (Å²) in [6.45, 7) is 4.89. The maximum absolute atomic E-state index is 5.39. The topological polar surface area (TPSA) is 50.1 Å². The molecule has 0 aromatic carbocycles. The maximum atomic E-state index is 5.39. The van der Waals surface area contributed by atoms with Crippen LogP contribution in [0.4, 0.5) is 5.69 Å². The largest absolute Gasteiger partial charge is 0.359 e. The molecule has 0 fully saturated rings. The van der Waals surface area contributed by atoms with Gasteiger partial charge in [-0.25, -0.2) is 0 Å². The number of aromatic nitrogens is 1. The minimum Gasteiger partial charge on any atom is -0.359 e. The normalized spacial score (nSPS) is 25.6. The predicted octanol–water partition coefficient (Wildman–Crippen LogP) is 2.78. The molecule has 0 saturated heterocycles. The van der Waals surface area contributed by atoms with Crippen LogP contribution in [-0.2, 0) is 4.74 Å². The van der Waals surface area contributed by atoms with Crippen molar-refractivity contribution in [3.8, 4) is 0 Å². The minimum atomic E-state index is -0.154. The smallest absolute Gasteiger partial charge is 0.167 e. The lowest BCUT2D eigenvalue weighted by atomic mass is 10.0. The minimum absolute atomic E-state index is 0.154. The highest BCUT2D eigenvalue weighted by molar-refractivity contribution is 8.00. The summed E-state index contributed by atoms with van der Waals surface area (Å²) in [5.41, 5.74) is 3.43. The molecular formula is C16H22N4OS.